The van der Waals surface area contributed by atoms with Crippen LogP contribution in [0.4, 0.5) is 4.39 Å². The van der Waals surface area contributed by atoms with Gasteiger partial charge in [-0.15, -0.1) is 0 Å². The number of para-hydroxylation sites is 2. The number of carbonyl (C=O) groups is 1. The summed E-state index contributed by atoms with van der Waals surface area (Å²) in [6.07, 6.45) is 0.152. The van der Waals surface area contributed by atoms with Crippen LogP contribution < -0.4 is 0 Å². The van der Waals surface area contributed by atoms with Gasteiger partial charge in [0.05, 0.1) is 23.3 Å². The van der Waals surface area contributed by atoms with Crippen molar-refractivity contribution in [2.45, 2.75) is 20.3 Å². The number of pyridine rings is 1. The van der Waals surface area contributed by atoms with E-state index >= 15 is 0 Å². The maximum atomic E-state index is 14.2. The summed E-state index contributed by atoms with van der Waals surface area (Å²) in [4.78, 5) is 21.8. The highest BCUT2D eigenvalue weighted by Gasteiger charge is 2.20. The van der Waals surface area contributed by atoms with Crippen LogP contribution in [0.25, 0.3) is 16.6 Å². The predicted molar refractivity (Wildman–Crippen MR) is 103 cm³/mol. The van der Waals surface area contributed by atoms with E-state index < -0.39 is 0 Å². The number of imidazole rings is 1. The molecule has 0 N–H and O–H groups in total. The lowest BCUT2D eigenvalue weighted by Gasteiger charge is -2.09. The molecular formula is C22H18FN3O. The van der Waals surface area contributed by atoms with Crippen LogP contribution in [0.5, 0.6) is 0 Å². The molecule has 0 amide bonds. The molecule has 0 atom stereocenters. The first-order valence-electron chi connectivity index (χ1n) is 8.73. The molecule has 4 rings (SSSR count). The molecule has 0 aliphatic carbocycles. The molecule has 2 aromatic heterocycles. The van der Waals surface area contributed by atoms with Crippen LogP contribution in [0.1, 0.15) is 27.7 Å². The van der Waals surface area contributed by atoms with Crippen molar-refractivity contribution in [3.63, 3.8) is 0 Å². The molecule has 4 nitrogen and oxygen atoms in total. The number of Topliss-reactive ketones (excluding diaryl/α,β-unsaturated/α-hetero) is 1. The predicted octanol–water partition coefficient (Wildman–Crippen LogP) is 4.60. The Morgan fingerprint density at radius 3 is 2.52 bits per heavy atom. The summed E-state index contributed by atoms with van der Waals surface area (Å²) in [5.41, 5.74) is 2.92. The zero-order valence-corrected chi connectivity index (χ0v) is 15.1. The Balaban J connectivity index is 1.68. The smallest absolute Gasteiger partial charge is 0.188 e. The molecule has 2 aromatic carbocycles. The Bertz CT molecular complexity index is 1160. The number of halogens is 1. The molecular weight excluding hydrogens is 341 g/mol. The van der Waals surface area contributed by atoms with Crippen molar-refractivity contribution in [3.05, 3.63) is 89.4 Å². The second-order valence-electron chi connectivity index (χ2n) is 6.48. The van der Waals surface area contributed by atoms with Gasteiger partial charge in [-0.3, -0.25) is 14.3 Å². The molecule has 0 saturated carbocycles. The second kappa shape index (κ2) is 6.76. The Kier molecular flexibility index (Phi) is 4.28. The average Bonchev–Trinajstić information content (AvgIpc) is 2.96. The van der Waals surface area contributed by atoms with Crippen molar-refractivity contribution in [2.24, 2.45) is 0 Å². The van der Waals surface area contributed by atoms with Gasteiger partial charge in [-0.05, 0) is 38.1 Å². The minimum atomic E-state index is -0.351. The number of hydrogen-bond acceptors (Lipinski definition) is 3. The van der Waals surface area contributed by atoms with Crippen LogP contribution in [-0.2, 0) is 6.42 Å². The number of hydrogen-bond donors (Lipinski definition) is 0. The number of benzene rings is 2. The van der Waals surface area contributed by atoms with Crippen LogP contribution in [0.3, 0.4) is 0 Å². The van der Waals surface area contributed by atoms with E-state index in [1.54, 1.807) is 36.6 Å². The summed E-state index contributed by atoms with van der Waals surface area (Å²) >= 11 is 0. The first-order valence-corrected chi connectivity index (χ1v) is 8.73. The largest absolute Gasteiger partial charge is 0.298 e. The minimum absolute atomic E-state index is 0.131. The second-order valence-corrected chi connectivity index (χ2v) is 6.48. The molecule has 0 bridgehead atoms. The summed E-state index contributed by atoms with van der Waals surface area (Å²) < 4.78 is 15.9. The maximum Gasteiger partial charge on any atom is 0.188 e. The fourth-order valence-electron chi connectivity index (χ4n) is 3.35. The van der Waals surface area contributed by atoms with Gasteiger partial charge in [0.1, 0.15) is 17.3 Å². The van der Waals surface area contributed by atoms with E-state index in [-0.39, 0.29) is 18.0 Å². The number of nitrogens with zero attached hydrogens (tertiary/aromatic N) is 3. The molecule has 27 heavy (non-hydrogen) atoms. The van der Waals surface area contributed by atoms with Crippen molar-refractivity contribution < 1.29 is 9.18 Å². The normalized spacial score (nSPS) is 11.1. The summed E-state index contributed by atoms with van der Waals surface area (Å²) in [6, 6.07) is 18.1. The zero-order valence-electron chi connectivity index (χ0n) is 15.1. The van der Waals surface area contributed by atoms with E-state index in [2.05, 4.69) is 9.97 Å². The van der Waals surface area contributed by atoms with Crippen molar-refractivity contribution >= 4 is 16.7 Å². The van der Waals surface area contributed by atoms with Gasteiger partial charge in [0.25, 0.3) is 0 Å². The Morgan fingerprint density at radius 2 is 1.70 bits per heavy atom. The van der Waals surface area contributed by atoms with Gasteiger partial charge in [-0.25, -0.2) is 9.37 Å². The molecule has 0 fully saturated rings. The highest BCUT2D eigenvalue weighted by Crippen LogP contribution is 2.21. The lowest BCUT2D eigenvalue weighted by Crippen LogP contribution is -2.08. The average molecular weight is 359 g/mol. The lowest BCUT2D eigenvalue weighted by molar-refractivity contribution is 0.0987. The number of aromatic nitrogens is 3. The van der Waals surface area contributed by atoms with Crippen molar-refractivity contribution in [3.8, 4) is 5.69 Å². The van der Waals surface area contributed by atoms with E-state index in [1.807, 2.05) is 36.4 Å². The van der Waals surface area contributed by atoms with E-state index in [1.165, 1.54) is 6.07 Å². The quantitative estimate of drug-likeness (QED) is 0.500. The van der Waals surface area contributed by atoms with Gasteiger partial charge < -0.3 is 0 Å². The Morgan fingerprint density at radius 1 is 0.963 bits per heavy atom. The summed E-state index contributed by atoms with van der Waals surface area (Å²) in [7, 11) is 0. The zero-order chi connectivity index (χ0) is 19.0. The molecule has 0 spiro atoms. The van der Waals surface area contributed by atoms with Gasteiger partial charge in [0.15, 0.2) is 5.78 Å². The van der Waals surface area contributed by atoms with Crippen LogP contribution >= 0.6 is 0 Å². The SMILES string of the molecule is Cc1nc(C(=O)Cc2ccc3ccccc3n2)c(C)n1-c1ccccc1F. The molecule has 0 radical (unpaired) electrons. The van der Waals surface area contributed by atoms with Gasteiger partial charge in [-0.1, -0.05) is 36.4 Å². The number of rotatable bonds is 4. The van der Waals surface area contributed by atoms with E-state index in [0.29, 0.717) is 28.6 Å². The van der Waals surface area contributed by atoms with E-state index in [4.69, 9.17) is 0 Å². The molecule has 2 heterocycles. The van der Waals surface area contributed by atoms with Crippen LogP contribution in [0.2, 0.25) is 0 Å². The molecule has 0 saturated heterocycles. The molecule has 134 valence electrons. The minimum Gasteiger partial charge on any atom is -0.298 e. The topological polar surface area (TPSA) is 47.8 Å². The fourth-order valence-corrected chi connectivity index (χ4v) is 3.35. The number of aryl methyl sites for hydroxylation is 1. The van der Waals surface area contributed by atoms with Gasteiger partial charge >= 0.3 is 0 Å². The number of fused-ring (bicyclic) bond motifs is 1. The Hall–Kier alpha value is -3.34. The summed E-state index contributed by atoms with van der Waals surface area (Å²) in [5, 5.41) is 1.03. The molecule has 0 unspecified atom stereocenters. The number of carbonyl (C=O) groups excluding carboxylic acids is 1. The molecule has 0 aliphatic rings. The molecule has 0 aliphatic heterocycles. The third-order valence-electron chi connectivity index (χ3n) is 4.63. The third kappa shape index (κ3) is 3.12. The van der Waals surface area contributed by atoms with Crippen molar-refractivity contribution in [1.82, 2.24) is 14.5 Å². The first-order chi connectivity index (χ1) is 13.0. The highest BCUT2D eigenvalue weighted by atomic mass is 19.1. The van der Waals surface area contributed by atoms with Gasteiger partial charge in [0.2, 0.25) is 0 Å². The van der Waals surface area contributed by atoms with Crippen LogP contribution in [0.15, 0.2) is 60.7 Å². The van der Waals surface area contributed by atoms with Gasteiger partial charge in [-0.2, -0.15) is 0 Å². The van der Waals surface area contributed by atoms with Crippen molar-refractivity contribution in [1.29, 1.82) is 0 Å². The highest BCUT2D eigenvalue weighted by molar-refractivity contribution is 5.97. The van der Waals surface area contributed by atoms with Crippen LogP contribution in [0, 0.1) is 19.7 Å². The molecule has 5 heteroatoms. The van der Waals surface area contributed by atoms with Gasteiger partial charge in [0, 0.05) is 11.1 Å². The number of ketones is 1. The van der Waals surface area contributed by atoms with Crippen molar-refractivity contribution in [2.75, 3.05) is 0 Å². The third-order valence-corrected chi connectivity index (χ3v) is 4.63. The first kappa shape index (κ1) is 17.1. The Labute approximate surface area is 156 Å². The summed E-state index contributed by atoms with van der Waals surface area (Å²) in [6.45, 7) is 3.55. The monoisotopic (exact) mass is 359 g/mol. The maximum absolute atomic E-state index is 14.2. The van der Waals surface area contributed by atoms with E-state index in [9.17, 15) is 9.18 Å². The summed E-state index contributed by atoms with van der Waals surface area (Å²) in [5.74, 6) is 0.0946. The fraction of sp³-hybridized carbons (Fsp3) is 0.136. The lowest BCUT2D eigenvalue weighted by atomic mass is 10.1. The van der Waals surface area contributed by atoms with Crippen LogP contribution in [-0.4, -0.2) is 20.3 Å². The molecule has 4 aromatic rings. The standard InChI is InChI=1S/C22H18FN3O/c1-14-22(24-15(2)26(14)20-10-6-4-8-18(20)23)21(27)13-17-12-11-16-7-3-5-9-19(16)25-17/h3-12H,13H2,1-2H3. The van der Waals surface area contributed by atoms with E-state index in [0.717, 1.165) is 10.9 Å².